The fraction of sp³-hybridized carbons (Fsp3) is 0.759. The Labute approximate surface area is 214 Å². The third-order valence-electron chi connectivity index (χ3n) is 5.68. The minimum Gasteiger partial charge on any atom is -0.465 e. The van der Waals surface area contributed by atoms with E-state index in [4.69, 9.17) is 24.8 Å². The Bertz CT molecular complexity index is 564. The molecule has 0 amide bonds. The van der Waals surface area contributed by atoms with Crippen LogP contribution in [0.3, 0.4) is 0 Å². The molecule has 3 N–H and O–H groups in total. The zero-order valence-corrected chi connectivity index (χ0v) is 22.3. The van der Waals surface area contributed by atoms with Crippen LogP contribution in [-0.2, 0) is 9.53 Å². The predicted molar refractivity (Wildman–Crippen MR) is 142 cm³/mol. The summed E-state index contributed by atoms with van der Waals surface area (Å²) in [5.41, 5.74) is 0. The highest BCUT2D eigenvalue weighted by molar-refractivity contribution is 5.69. The number of aliphatic hydroxyl groups excluding tert-OH is 3. The molecule has 6 nitrogen and oxygen atoms in total. The van der Waals surface area contributed by atoms with Crippen LogP contribution in [0.4, 0.5) is 0 Å². The molecular formula is C29H52O6. The van der Waals surface area contributed by atoms with E-state index in [9.17, 15) is 4.79 Å². The minimum atomic E-state index is -0.954. The average molecular weight is 497 g/mol. The first kappa shape index (κ1) is 33.4. The number of para-hydroxylation sites is 1. The van der Waals surface area contributed by atoms with Gasteiger partial charge in [-0.15, -0.1) is 0 Å². The van der Waals surface area contributed by atoms with E-state index in [0.717, 1.165) is 12.8 Å². The highest BCUT2D eigenvalue weighted by Gasteiger charge is 2.07. The fourth-order valence-corrected chi connectivity index (χ4v) is 3.65. The molecular weight excluding hydrogens is 444 g/mol. The topological polar surface area (TPSA) is 96.2 Å². The van der Waals surface area contributed by atoms with Gasteiger partial charge in [0, 0.05) is 6.42 Å². The van der Waals surface area contributed by atoms with Gasteiger partial charge in [0.05, 0.1) is 6.61 Å². The van der Waals surface area contributed by atoms with E-state index >= 15 is 0 Å². The van der Waals surface area contributed by atoms with Crippen LogP contribution in [-0.4, -0.2) is 46.9 Å². The number of carbonyl (C=O) groups is 1. The summed E-state index contributed by atoms with van der Waals surface area (Å²) in [5.74, 6) is 0.416. The van der Waals surface area contributed by atoms with Gasteiger partial charge in [-0.1, -0.05) is 115 Å². The molecule has 0 bridgehead atoms. The van der Waals surface area contributed by atoms with Gasteiger partial charge < -0.3 is 24.8 Å². The predicted octanol–water partition coefficient (Wildman–Crippen LogP) is 6.55. The Morgan fingerprint density at radius 2 is 1.23 bits per heavy atom. The molecule has 0 spiro atoms. The summed E-state index contributed by atoms with van der Waals surface area (Å²) in [6.07, 6.45) is 18.3. The van der Waals surface area contributed by atoms with Gasteiger partial charge in [0.25, 0.3) is 0 Å². The van der Waals surface area contributed by atoms with Gasteiger partial charge in [0.1, 0.15) is 18.5 Å². The third kappa shape index (κ3) is 25.3. The van der Waals surface area contributed by atoms with Gasteiger partial charge in [0.15, 0.2) is 6.29 Å². The molecule has 1 rings (SSSR count). The van der Waals surface area contributed by atoms with E-state index in [2.05, 4.69) is 6.92 Å². The molecule has 0 aliphatic heterocycles. The number of ether oxygens (including phenoxy) is 2. The Kier molecular flexibility index (Phi) is 24.3. The van der Waals surface area contributed by atoms with E-state index in [1.54, 1.807) is 19.1 Å². The van der Waals surface area contributed by atoms with Crippen LogP contribution in [0.2, 0.25) is 0 Å². The molecule has 204 valence electrons. The zero-order valence-electron chi connectivity index (χ0n) is 22.3. The Balaban J connectivity index is 0.000000952. The maximum Gasteiger partial charge on any atom is 0.305 e. The van der Waals surface area contributed by atoms with E-state index in [1.165, 1.54) is 83.5 Å². The first-order valence-electron chi connectivity index (χ1n) is 13.8. The lowest BCUT2D eigenvalue weighted by molar-refractivity contribution is -0.147. The largest absolute Gasteiger partial charge is 0.465 e. The van der Waals surface area contributed by atoms with Crippen molar-refractivity contribution < 1.29 is 29.6 Å². The van der Waals surface area contributed by atoms with Crippen molar-refractivity contribution in [3.63, 3.8) is 0 Å². The zero-order chi connectivity index (χ0) is 26.0. The normalized spacial score (nSPS) is 12.4. The molecule has 1 aromatic rings. The van der Waals surface area contributed by atoms with Crippen LogP contribution in [0, 0.1) is 0 Å². The Morgan fingerprint density at radius 1 is 0.771 bits per heavy atom. The highest BCUT2D eigenvalue weighted by atomic mass is 16.6. The van der Waals surface area contributed by atoms with E-state index in [1.807, 2.05) is 18.2 Å². The van der Waals surface area contributed by atoms with Crippen molar-refractivity contribution in [2.24, 2.45) is 0 Å². The summed E-state index contributed by atoms with van der Waals surface area (Å²) in [7, 11) is 0. The number of aliphatic hydroxyl groups is 3. The van der Waals surface area contributed by atoms with Crippen LogP contribution >= 0.6 is 0 Å². The number of hydrogen-bond donors (Lipinski definition) is 3. The van der Waals surface area contributed by atoms with Crippen LogP contribution in [0.15, 0.2) is 30.3 Å². The SMILES string of the molecule is CC(O)Oc1ccccc1.CCCCCCCCCCCCCCCCCC(=O)OCC(O)CO. The Hall–Kier alpha value is -1.63. The van der Waals surface area contributed by atoms with Crippen molar-refractivity contribution in [3.05, 3.63) is 30.3 Å². The molecule has 2 atom stereocenters. The molecule has 0 heterocycles. The first-order chi connectivity index (χ1) is 17.0. The molecule has 2 unspecified atom stereocenters. The fourth-order valence-electron chi connectivity index (χ4n) is 3.65. The minimum absolute atomic E-state index is 0.103. The number of rotatable bonds is 21. The number of benzene rings is 1. The van der Waals surface area contributed by atoms with Crippen molar-refractivity contribution in [1.82, 2.24) is 0 Å². The van der Waals surface area contributed by atoms with Gasteiger partial charge >= 0.3 is 5.97 Å². The smallest absolute Gasteiger partial charge is 0.305 e. The second-order valence-corrected chi connectivity index (χ2v) is 9.25. The van der Waals surface area contributed by atoms with Crippen LogP contribution in [0.25, 0.3) is 0 Å². The second kappa shape index (κ2) is 25.5. The van der Waals surface area contributed by atoms with Crippen LogP contribution < -0.4 is 4.74 Å². The monoisotopic (exact) mass is 496 g/mol. The van der Waals surface area contributed by atoms with Gasteiger partial charge in [-0.25, -0.2) is 0 Å². The maximum absolute atomic E-state index is 11.4. The summed E-state index contributed by atoms with van der Waals surface area (Å²) >= 11 is 0. The third-order valence-corrected chi connectivity index (χ3v) is 5.68. The lowest BCUT2D eigenvalue weighted by Crippen LogP contribution is -2.21. The molecule has 0 aromatic heterocycles. The number of unbranched alkanes of at least 4 members (excludes halogenated alkanes) is 14. The lowest BCUT2D eigenvalue weighted by atomic mass is 10.0. The lowest BCUT2D eigenvalue weighted by Gasteiger charge is -2.08. The summed E-state index contributed by atoms with van der Waals surface area (Å²) in [5, 5.41) is 26.5. The number of carbonyl (C=O) groups excluding carboxylic acids is 1. The summed E-state index contributed by atoms with van der Waals surface area (Å²) < 4.78 is 9.83. The molecule has 0 aliphatic rings. The summed E-state index contributed by atoms with van der Waals surface area (Å²) in [6.45, 7) is 3.37. The van der Waals surface area contributed by atoms with E-state index < -0.39 is 12.4 Å². The standard InChI is InChI=1S/C21H42O4.C8H10O2/c1-2-3-4-5-6-7-8-9-10-11-12-13-14-15-16-17-21(24)25-19-20(23)18-22;1-7(9)10-8-5-3-2-4-6-8/h20,22-23H,2-19H2,1H3;2-7,9H,1H3. The summed E-state index contributed by atoms with van der Waals surface area (Å²) in [4.78, 5) is 11.4. The molecule has 0 radical (unpaired) electrons. The van der Waals surface area contributed by atoms with Crippen molar-refractivity contribution in [2.45, 2.75) is 129 Å². The quantitative estimate of drug-likeness (QED) is 0.101. The maximum atomic E-state index is 11.4. The van der Waals surface area contributed by atoms with Crippen LogP contribution in [0.5, 0.6) is 5.75 Å². The molecule has 0 saturated heterocycles. The number of hydrogen-bond acceptors (Lipinski definition) is 6. The highest BCUT2D eigenvalue weighted by Crippen LogP contribution is 2.14. The Morgan fingerprint density at radius 3 is 1.66 bits per heavy atom. The van der Waals surface area contributed by atoms with E-state index in [-0.39, 0.29) is 19.2 Å². The van der Waals surface area contributed by atoms with Crippen LogP contribution in [0.1, 0.15) is 117 Å². The second-order valence-electron chi connectivity index (χ2n) is 9.25. The molecule has 35 heavy (non-hydrogen) atoms. The van der Waals surface area contributed by atoms with Gasteiger partial charge in [-0.3, -0.25) is 4.79 Å². The molecule has 0 aliphatic carbocycles. The molecule has 6 heteroatoms. The van der Waals surface area contributed by atoms with Crippen molar-refractivity contribution in [3.8, 4) is 5.75 Å². The molecule has 0 saturated carbocycles. The van der Waals surface area contributed by atoms with Crippen molar-refractivity contribution in [1.29, 1.82) is 0 Å². The van der Waals surface area contributed by atoms with Gasteiger partial charge in [-0.05, 0) is 25.5 Å². The first-order valence-corrected chi connectivity index (χ1v) is 13.8. The van der Waals surface area contributed by atoms with Crippen molar-refractivity contribution >= 4 is 5.97 Å². The average Bonchev–Trinajstić information content (AvgIpc) is 2.85. The number of esters is 1. The van der Waals surface area contributed by atoms with Gasteiger partial charge in [-0.2, -0.15) is 0 Å². The van der Waals surface area contributed by atoms with Crippen molar-refractivity contribution in [2.75, 3.05) is 13.2 Å². The molecule has 1 aromatic carbocycles. The summed E-state index contributed by atoms with van der Waals surface area (Å²) in [6, 6.07) is 9.21. The van der Waals surface area contributed by atoms with Gasteiger partial charge in [0.2, 0.25) is 0 Å². The van der Waals surface area contributed by atoms with E-state index in [0.29, 0.717) is 12.2 Å². The molecule has 0 fully saturated rings.